The number of carbonyl (C=O) groups is 3. The number of esters is 1. The Hall–Kier alpha value is -1.06. The van der Waals surface area contributed by atoms with Crippen molar-refractivity contribution in [3.8, 4) is 0 Å². The third kappa shape index (κ3) is 3.13. The number of Topliss-reactive ketones (excluding diaryl/α,β-unsaturated/α-hetero) is 1. The molecule has 0 amide bonds. The molecule has 4 aliphatic rings. The average Bonchev–Trinajstić information content (AvgIpc) is 2.88. The van der Waals surface area contributed by atoms with Crippen molar-refractivity contribution in [3.05, 3.63) is 23.8 Å². The molecule has 0 spiro atoms. The van der Waals surface area contributed by atoms with E-state index in [4.69, 9.17) is 4.74 Å². The Balaban J connectivity index is 1.75. The van der Waals surface area contributed by atoms with Crippen molar-refractivity contribution in [3.63, 3.8) is 0 Å². The lowest BCUT2D eigenvalue weighted by Crippen LogP contribution is -2.64. The predicted octanol–water partition coefficient (Wildman–Crippen LogP) is 2.79. The topological polar surface area (TPSA) is 101 Å². The summed E-state index contributed by atoms with van der Waals surface area (Å²) >= 11 is 2.43. The maximum Gasteiger partial charge on any atom is 0.303 e. The molecule has 0 aromatic carbocycles. The molecular weight excluding hydrogens is 511 g/mol. The summed E-state index contributed by atoms with van der Waals surface area (Å²) in [6.07, 6.45) is 6.26. The normalized spacial score (nSPS) is 48.4. The molecular formula is C24H31IO6. The molecule has 0 saturated heterocycles. The van der Waals surface area contributed by atoms with Crippen LogP contribution in [0.5, 0.6) is 0 Å². The van der Waals surface area contributed by atoms with Crippen LogP contribution in [0.15, 0.2) is 23.8 Å². The van der Waals surface area contributed by atoms with Crippen LogP contribution in [0.3, 0.4) is 0 Å². The van der Waals surface area contributed by atoms with Gasteiger partial charge in [0.05, 0.1) is 6.10 Å². The van der Waals surface area contributed by atoms with Crippen LogP contribution in [0.1, 0.15) is 47.0 Å². The first-order valence-corrected chi connectivity index (χ1v) is 12.3. The third-order valence-electron chi connectivity index (χ3n) is 8.90. The Kier molecular flexibility index (Phi) is 5.58. The maximum atomic E-state index is 13.1. The number of carbonyl (C=O) groups excluding carboxylic acids is 3. The Morgan fingerprint density at radius 1 is 1.32 bits per heavy atom. The Morgan fingerprint density at radius 2 is 2.00 bits per heavy atom. The minimum atomic E-state index is -1.66. The number of fused-ring (bicyclic) bond motifs is 5. The highest BCUT2D eigenvalue weighted by Crippen LogP contribution is 2.69. The van der Waals surface area contributed by atoms with Gasteiger partial charge < -0.3 is 14.9 Å². The van der Waals surface area contributed by atoms with Crippen molar-refractivity contribution in [1.29, 1.82) is 0 Å². The molecule has 3 fully saturated rings. The van der Waals surface area contributed by atoms with Crippen molar-refractivity contribution in [2.75, 3.05) is 6.61 Å². The van der Waals surface area contributed by atoms with E-state index in [1.165, 1.54) is 6.92 Å². The Bertz CT molecular complexity index is 895. The first kappa shape index (κ1) is 23.1. The summed E-state index contributed by atoms with van der Waals surface area (Å²) in [5, 5.41) is 23.3. The fraction of sp³-hybridized carbons (Fsp3) is 0.708. The molecule has 170 valence electrons. The van der Waals surface area contributed by atoms with Gasteiger partial charge in [-0.15, -0.1) is 0 Å². The molecule has 0 heterocycles. The van der Waals surface area contributed by atoms with E-state index in [1.54, 1.807) is 12.2 Å². The van der Waals surface area contributed by atoms with Crippen LogP contribution in [0.4, 0.5) is 0 Å². The van der Waals surface area contributed by atoms with E-state index in [0.29, 0.717) is 12.8 Å². The summed E-state index contributed by atoms with van der Waals surface area (Å²) in [6, 6.07) is 0. The smallest absolute Gasteiger partial charge is 0.303 e. The summed E-state index contributed by atoms with van der Waals surface area (Å²) in [4.78, 5) is 36.4. The summed E-state index contributed by atoms with van der Waals surface area (Å²) in [7, 11) is 0. The number of ether oxygens (including phenoxy) is 1. The van der Waals surface area contributed by atoms with Crippen LogP contribution in [0.25, 0.3) is 0 Å². The SMILES string of the molecule is CC(=O)OCC(=O)[C@@]1(O)C(C)C[C@H]2[C@@H]3C(I)CC4=CC(=O)C=C[C@]4(C)[C@H]3C(O)C[C@@]21C. The molecule has 0 radical (unpaired) electrons. The van der Waals surface area contributed by atoms with Crippen LogP contribution >= 0.6 is 22.6 Å². The van der Waals surface area contributed by atoms with E-state index in [9.17, 15) is 24.6 Å². The minimum Gasteiger partial charge on any atom is -0.458 e. The van der Waals surface area contributed by atoms with Crippen LogP contribution in [0.2, 0.25) is 0 Å². The van der Waals surface area contributed by atoms with Crippen LogP contribution in [0, 0.1) is 34.5 Å². The van der Waals surface area contributed by atoms with Gasteiger partial charge in [0.1, 0.15) is 5.60 Å². The fourth-order valence-corrected chi connectivity index (χ4v) is 8.87. The van der Waals surface area contributed by atoms with Crippen LogP contribution < -0.4 is 0 Å². The second kappa shape index (κ2) is 7.48. The number of allylic oxidation sites excluding steroid dienone is 4. The van der Waals surface area contributed by atoms with Crippen molar-refractivity contribution in [2.45, 2.75) is 62.6 Å². The van der Waals surface area contributed by atoms with Gasteiger partial charge in [-0.3, -0.25) is 14.4 Å². The Labute approximate surface area is 196 Å². The largest absolute Gasteiger partial charge is 0.458 e. The lowest BCUT2D eigenvalue weighted by Gasteiger charge is -2.61. The van der Waals surface area contributed by atoms with Crippen molar-refractivity contribution in [2.24, 2.45) is 34.5 Å². The number of aliphatic hydroxyl groups excluding tert-OH is 1. The number of ketones is 2. The highest BCUT2D eigenvalue weighted by molar-refractivity contribution is 14.1. The van der Waals surface area contributed by atoms with E-state index in [2.05, 4.69) is 29.5 Å². The van der Waals surface area contributed by atoms with E-state index < -0.39 is 40.9 Å². The molecule has 4 aliphatic carbocycles. The van der Waals surface area contributed by atoms with Gasteiger partial charge in [0, 0.05) is 27.6 Å². The van der Waals surface area contributed by atoms with Crippen molar-refractivity contribution < 1.29 is 29.3 Å². The van der Waals surface area contributed by atoms with Gasteiger partial charge in [-0.05, 0) is 49.2 Å². The second-order valence-corrected chi connectivity index (χ2v) is 12.0. The standard InChI is InChI=1S/C24H31IO6/c1-12-7-16-20-17(25)9-14-8-15(27)5-6-22(14,3)21(20)18(28)10-23(16,4)24(12,30)19(29)11-31-13(2)26/h5-6,8,12,16-18,20-21,28,30H,7,9-11H2,1-4H3/t12?,16-,17?,18?,20+,21-,22-,23-,24-/m0/s1. The molecule has 0 aromatic heterocycles. The lowest BCUT2D eigenvalue weighted by molar-refractivity contribution is -0.185. The molecule has 31 heavy (non-hydrogen) atoms. The monoisotopic (exact) mass is 542 g/mol. The van der Waals surface area contributed by atoms with Gasteiger partial charge in [-0.2, -0.15) is 0 Å². The molecule has 0 aromatic rings. The van der Waals surface area contributed by atoms with Crippen LogP contribution in [-0.2, 0) is 19.1 Å². The predicted molar refractivity (Wildman–Crippen MR) is 122 cm³/mol. The zero-order chi connectivity index (χ0) is 22.9. The number of rotatable bonds is 3. The fourth-order valence-electron chi connectivity index (χ4n) is 7.45. The van der Waals surface area contributed by atoms with Crippen molar-refractivity contribution in [1.82, 2.24) is 0 Å². The molecule has 9 atom stereocenters. The molecule has 0 bridgehead atoms. The molecule has 3 unspecified atom stereocenters. The number of hydrogen-bond acceptors (Lipinski definition) is 6. The van der Waals surface area contributed by atoms with Gasteiger partial charge >= 0.3 is 5.97 Å². The third-order valence-corrected chi connectivity index (χ3v) is 10.2. The second-order valence-electron chi connectivity index (χ2n) is 10.4. The quantitative estimate of drug-likeness (QED) is 0.323. The highest BCUT2D eigenvalue weighted by Gasteiger charge is 2.71. The van der Waals surface area contributed by atoms with E-state index in [0.717, 1.165) is 12.0 Å². The number of hydrogen-bond donors (Lipinski definition) is 2. The Morgan fingerprint density at radius 3 is 2.65 bits per heavy atom. The molecule has 2 N–H and O–H groups in total. The van der Waals surface area contributed by atoms with Gasteiger partial charge in [0.15, 0.2) is 12.4 Å². The minimum absolute atomic E-state index is 0.00963. The summed E-state index contributed by atoms with van der Waals surface area (Å²) in [6.45, 7) is 6.69. The zero-order valence-electron chi connectivity index (χ0n) is 18.4. The van der Waals surface area contributed by atoms with E-state index in [-0.39, 0.29) is 33.4 Å². The molecule has 0 aliphatic heterocycles. The molecule has 6 nitrogen and oxygen atoms in total. The highest BCUT2D eigenvalue weighted by atomic mass is 127. The van der Waals surface area contributed by atoms with Gasteiger partial charge in [0.25, 0.3) is 0 Å². The summed E-state index contributed by atoms with van der Waals surface area (Å²) in [5.74, 6) is -1.33. The summed E-state index contributed by atoms with van der Waals surface area (Å²) < 4.78 is 5.12. The molecule has 4 rings (SSSR count). The first-order valence-electron chi connectivity index (χ1n) is 11.0. The van der Waals surface area contributed by atoms with Gasteiger partial charge in [0.2, 0.25) is 5.78 Å². The zero-order valence-corrected chi connectivity index (χ0v) is 20.6. The average molecular weight is 542 g/mol. The summed E-state index contributed by atoms with van der Waals surface area (Å²) in [5.41, 5.74) is -1.83. The number of aliphatic hydroxyl groups is 2. The number of alkyl halides is 1. The van der Waals surface area contributed by atoms with Gasteiger partial charge in [-0.25, -0.2) is 0 Å². The van der Waals surface area contributed by atoms with Gasteiger partial charge in [-0.1, -0.05) is 55.0 Å². The van der Waals surface area contributed by atoms with Crippen LogP contribution in [-0.4, -0.2) is 50.0 Å². The molecule has 7 heteroatoms. The number of halogens is 1. The van der Waals surface area contributed by atoms with E-state index >= 15 is 0 Å². The first-order chi connectivity index (χ1) is 14.4. The molecule has 3 saturated carbocycles. The van der Waals surface area contributed by atoms with E-state index in [1.807, 2.05) is 19.9 Å². The maximum absolute atomic E-state index is 13.1. The lowest BCUT2D eigenvalue weighted by atomic mass is 9.46. The van der Waals surface area contributed by atoms with Crippen molar-refractivity contribution >= 4 is 40.1 Å².